The number of aromatic amines is 1. The Morgan fingerprint density at radius 1 is 1.30 bits per heavy atom. The smallest absolute Gasteiger partial charge is 0.280 e. The second-order valence-corrected chi connectivity index (χ2v) is 6.75. The van der Waals surface area contributed by atoms with Crippen LogP contribution in [0.1, 0.15) is 50.7 Å². The molecule has 1 aromatic rings. The van der Waals surface area contributed by atoms with Gasteiger partial charge in [0.25, 0.3) is 5.56 Å². The van der Waals surface area contributed by atoms with Crippen LogP contribution in [0.4, 0.5) is 0 Å². The minimum Gasteiger partial charge on any atom is -0.384 e. The highest BCUT2D eigenvalue weighted by molar-refractivity contribution is 5.76. The molecule has 128 valence electrons. The van der Waals surface area contributed by atoms with E-state index in [-0.39, 0.29) is 17.6 Å². The minimum absolute atomic E-state index is 0.116. The molecule has 2 heterocycles. The second-order valence-electron chi connectivity index (χ2n) is 6.75. The fourth-order valence-corrected chi connectivity index (χ4v) is 3.72. The first-order valence-corrected chi connectivity index (χ1v) is 8.77. The van der Waals surface area contributed by atoms with Gasteiger partial charge in [0.05, 0.1) is 12.7 Å². The Hall–Kier alpha value is -1.56. The van der Waals surface area contributed by atoms with Gasteiger partial charge in [-0.3, -0.25) is 9.59 Å². The molecule has 1 aliphatic carbocycles. The Morgan fingerprint density at radius 3 is 2.87 bits per heavy atom. The summed E-state index contributed by atoms with van der Waals surface area (Å²) in [6.07, 6.45) is 8.74. The molecule has 1 aliphatic heterocycles. The highest BCUT2D eigenvalue weighted by Gasteiger charge is 2.27. The van der Waals surface area contributed by atoms with Crippen molar-refractivity contribution in [2.24, 2.45) is 5.92 Å². The van der Waals surface area contributed by atoms with Crippen molar-refractivity contribution in [2.45, 2.75) is 57.5 Å². The van der Waals surface area contributed by atoms with Crippen LogP contribution in [-0.4, -0.2) is 41.8 Å². The van der Waals surface area contributed by atoms with Crippen LogP contribution in [-0.2, 0) is 16.0 Å². The zero-order valence-electron chi connectivity index (χ0n) is 13.6. The predicted octanol–water partition coefficient (Wildman–Crippen LogP) is 2.10. The van der Waals surface area contributed by atoms with Crippen molar-refractivity contribution in [1.82, 2.24) is 10.1 Å². The molecule has 0 aromatic carbocycles. The molecule has 3 rings (SSSR count). The standard InChI is InChI=1S/C17H26N2O4/c20-16-11-14(23-18-16)6-7-17(21)19-8-9-22-15(12-19)10-13-4-2-1-3-5-13/h11,13,15H,1-10,12H2,(H,18,20)/t15-/m1/s1. The first-order chi connectivity index (χ1) is 11.2. The average molecular weight is 322 g/mol. The molecular formula is C17H26N2O4. The minimum atomic E-state index is -0.258. The lowest BCUT2D eigenvalue weighted by molar-refractivity contribution is -0.139. The van der Waals surface area contributed by atoms with Crippen LogP contribution in [0.25, 0.3) is 0 Å². The molecule has 1 saturated heterocycles. The number of nitrogens with one attached hydrogen (secondary N) is 1. The van der Waals surface area contributed by atoms with Crippen molar-refractivity contribution >= 4 is 5.91 Å². The summed E-state index contributed by atoms with van der Waals surface area (Å²) >= 11 is 0. The number of amides is 1. The van der Waals surface area contributed by atoms with Crippen molar-refractivity contribution < 1.29 is 14.1 Å². The summed E-state index contributed by atoms with van der Waals surface area (Å²) in [5.74, 6) is 1.42. The first-order valence-electron chi connectivity index (χ1n) is 8.77. The van der Waals surface area contributed by atoms with Crippen LogP contribution >= 0.6 is 0 Å². The number of carbonyl (C=O) groups is 1. The Kier molecular flexibility index (Phi) is 5.54. The summed E-state index contributed by atoms with van der Waals surface area (Å²) < 4.78 is 10.9. The Balaban J connectivity index is 1.45. The number of rotatable bonds is 5. The second kappa shape index (κ2) is 7.81. The molecule has 0 spiro atoms. The van der Waals surface area contributed by atoms with Crippen LogP contribution in [0.15, 0.2) is 15.4 Å². The quantitative estimate of drug-likeness (QED) is 0.901. The van der Waals surface area contributed by atoms with E-state index in [2.05, 4.69) is 5.16 Å². The number of hydrogen-bond acceptors (Lipinski definition) is 4. The molecule has 2 aliphatic rings. The highest BCUT2D eigenvalue weighted by atomic mass is 16.5. The van der Waals surface area contributed by atoms with Crippen molar-refractivity contribution in [2.75, 3.05) is 19.7 Å². The number of ether oxygens (including phenoxy) is 1. The van der Waals surface area contributed by atoms with E-state index in [1.54, 1.807) is 0 Å². The van der Waals surface area contributed by atoms with Crippen molar-refractivity contribution in [3.63, 3.8) is 0 Å². The van der Waals surface area contributed by atoms with E-state index in [1.165, 1.54) is 38.2 Å². The van der Waals surface area contributed by atoms with E-state index in [9.17, 15) is 9.59 Å². The maximum absolute atomic E-state index is 12.4. The van der Waals surface area contributed by atoms with E-state index in [1.807, 2.05) is 4.90 Å². The van der Waals surface area contributed by atoms with E-state index >= 15 is 0 Å². The van der Waals surface area contributed by atoms with Crippen LogP contribution in [0, 0.1) is 5.92 Å². The van der Waals surface area contributed by atoms with Crippen molar-refractivity contribution in [1.29, 1.82) is 0 Å². The Bertz CT molecular complexity index is 559. The average Bonchev–Trinajstić information content (AvgIpc) is 2.99. The van der Waals surface area contributed by atoms with Gasteiger partial charge in [0.15, 0.2) is 0 Å². The molecule has 6 heteroatoms. The van der Waals surface area contributed by atoms with Crippen LogP contribution in [0.2, 0.25) is 0 Å². The number of hydrogen-bond donors (Lipinski definition) is 1. The number of H-pyrrole nitrogens is 1. The lowest BCUT2D eigenvalue weighted by Crippen LogP contribution is -2.46. The molecule has 1 saturated carbocycles. The van der Waals surface area contributed by atoms with Gasteiger partial charge in [0.1, 0.15) is 5.76 Å². The van der Waals surface area contributed by atoms with Crippen molar-refractivity contribution in [3.8, 4) is 0 Å². The zero-order valence-corrected chi connectivity index (χ0v) is 13.6. The number of aryl methyl sites for hydroxylation is 1. The van der Waals surface area contributed by atoms with E-state index in [0.717, 1.165) is 12.3 Å². The number of nitrogens with zero attached hydrogens (tertiary/aromatic N) is 1. The van der Waals surface area contributed by atoms with Crippen LogP contribution < -0.4 is 5.56 Å². The maximum Gasteiger partial charge on any atom is 0.280 e. The molecule has 0 radical (unpaired) electrons. The predicted molar refractivity (Wildman–Crippen MR) is 85.2 cm³/mol. The monoisotopic (exact) mass is 322 g/mol. The van der Waals surface area contributed by atoms with Gasteiger partial charge in [-0.05, 0) is 12.3 Å². The van der Waals surface area contributed by atoms with E-state index in [4.69, 9.17) is 9.26 Å². The molecule has 0 unspecified atom stereocenters. The fourth-order valence-electron chi connectivity index (χ4n) is 3.72. The molecule has 1 aromatic heterocycles. The topological polar surface area (TPSA) is 75.5 Å². The van der Waals surface area contributed by atoms with Gasteiger partial charge in [-0.1, -0.05) is 32.1 Å². The SMILES string of the molecule is O=C(CCc1cc(=O)[nH]o1)N1CCO[C@H](CC2CCCCC2)C1. The third-order valence-corrected chi connectivity index (χ3v) is 4.97. The van der Waals surface area contributed by atoms with Crippen LogP contribution in [0.5, 0.6) is 0 Å². The molecular weight excluding hydrogens is 296 g/mol. The molecule has 1 amide bonds. The lowest BCUT2D eigenvalue weighted by atomic mass is 9.85. The Morgan fingerprint density at radius 2 is 2.13 bits per heavy atom. The molecule has 23 heavy (non-hydrogen) atoms. The molecule has 6 nitrogen and oxygen atoms in total. The van der Waals surface area contributed by atoms with Crippen molar-refractivity contribution in [3.05, 3.63) is 22.2 Å². The summed E-state index contributed by atoms with van der Waals surface area (Å²) in [4.78, 5) is 25.3. The maximum atomic E-state index is 12.4. The third-order valence-electron chi connectivity index (χ3n) is 4.97. The third kappa shape index (κ3) is 4.70. The first kappa shape index (κ1) is 16.3. The van der Waals surface area contributed by atoms with Gasteiger partial charge in [-0.2, -0.15) is 5.16 Å². The molecule has 1 atom stereocenters. The van der Waals surface area contributed by atoms with Gasteiger partial charge < -0.3 is 14.2 Å². The van der Waals surface area contributed by atoms with Gasteiger partial charge in [0, 0.05) is 32.0 Å². The molecule has 0 bridgehead atoms. The highest BCUT2D eigenvalue weighted by Crippen LogP contribution is 2.29. The zero-order chi connectivity index (χ0) is 16.1. The Labute approximate surface area is 136 Å². The van der Waals surface area contributed by atoms with Gasteiger partial charge in [-0.15, -0.1) is 0 Å². The largest absolute Gasteiger partial charge is 0.384 e. The lowest BCUT2D eigenvalue weighted by Gasteiger charge is -2.35. The number of aromatic nitrogens is 1. The van der Waals surface area contributed by atoms with Crippen LogP contribution in [0.3, 0.4) is 0 Å². The van der Waals surface area contributed by atoms with E-state index < -0.39 is 0 Å². The summed E-state index contributed by atoms with van der Waals surface area (Å²) in [5, 5.41) is 2.25. The van der Waals surface area contributed by atoms with E-state index in [0.29, 0.717) is 38.3 Å². The summed E-state index contributed by atoms with van der Waals surface area (Å²) in [6, 6.07) is 1.40. The summed E-state index contributed by atoms with van der Waals surface area (Å²) in [6.45, 7) is 1.99. The number of morpholine rings is 1. The molecule has 1 N–H and O–H groups in total. The van der Waals surface area contributed by atoms with Gasteiger partial charge >= 0.3 is 0 Å². The fraction of sp³-hybridized carbons (Fsp3) is 0.765. The summed E-state index contributed by atoms with van der Waals surface area (Å²) in [7, 11) is 0. The summed E-state index contributed by atoms with van der Waals surface area (Å²) in [5.41, 5.74) is -0.258. The van der Waals surface area contributed by atoms with Gasteiger partial charge in [-0.25, -0.2) is 0 Å². The molecule has 2 fully saturated rings. The van der Waals surface area contributed by atoms with Gasteiger partial charge in [0.2, 0.25) is 5.91 Å². The number of carbonyl (C=O) groups excluding carboxylic acids is 1. The normalized spacial score (nSPS) is 23.1.